The first kappa shape index (κ1) is 15.2. The van der Waals surface area contributed by atoms with Crippen molar-refractivity contribution >= 4 is 5.91 Å². The van der Waals surface area contributed by atoms with Crippen molar-refractivity contribution in [1.29, 1.82) is 0 Å². The largest absolute Gasteiger partial charge is 0.376 e. The van der Waals surface area contributed by atoms with Gasteiger partial charge >= 0.3 is 0 Å². The molecule has 0 aromatic carbocycles. The molecule has 0 unspecified atom stereocenters. The molecule has 3 atom stereocenters. The third kappa shape index (κ3) is 2.77. The summed E-state index contributed by atoms with van der Waals surface area (Å²) in [6.07, 6.45) is 3.91. The fourth-order valence-electron chi connectivity index (χ4n) is 3.49. The second-order valence-electron chi connectivity index (χ2n) is 6.49. The lowest BCUT2D eigenvalue weighted by Gasteiger charge is -2.18. The van der Waals surface area contributed by atoms with Gasteiger partial charge in [-0.1, -0.05) is 5.16 Å². The monoisotopic (exact) mass is 329 g/mol. The number of ether oxygens (including phenoxy) is 1. The number of aromatic nitrogens is 4. The lowest BCUT2D eigenvalue weighted by Crippen LogP contribution is -2.32. The van der Waals surface area contributed by atoms with Crippen molar-refractivity contribution in [3.63, 3.8) is 0 Å². The molecule has 0 radical (unpaired) electrons. The molecule has 2 aliphatic heterocycles. The molecule has 2 fully saturated rings. The van der Waals surface area contributed by atoms with Crippen LogP contribution in [-0.4, -0.2) is 56.7 Å². The Morgan fingerprint density at radius 3 is 2.88 bits per heavy atom. The zero-order chi connectivity index (χ0) is 16.7. The standard InChI is InChI=1S/C16H19N5O3/c1-9-4-18-13(5-17-9)16(22)21-6-12-11(8-23-14(12)7-21)3-15-19-10(2)20-24-15/h4-5,11-12,14H,3,6-8H2,1-2H3/t11-,12-,14-/m0/s1. The molecule has 8 heteroatoms. The molecule has 0 bridgehead atoms. The third-order valence-corrected chi connectivity index (χ3v) is 4.73. The summed E-state index contributed by atoms with van der Waals surface area (Å²) in [6.45, 7) is 5.58. The molecule has 8 nitrogen and oxygen atoms in total. The van der Waals surface area contributed by atoms with Crippen LogP contribution in [0.4, 0.5) is 0 Å². The summed E-state index contributed by atoms with van der Waals surface area (Å²) in [5.41, 5.74) is 1.17. The lowest BCUT2D eigenvalue weighted by atomic mass is 9.90. The molecular weight excluding hydrogens is 310 g/mol. The van der Waals surface area contributed by atoms with Crippen LogP contribution in [0.15, 0.2) is 16.9 Å². The van der Waals surface area contributed by atoms with E-state index in [1.54, 1.807) is 18.0 Å². The quantitative estimate of drug-likeness (QED) is 0.822. The molecule has 4 heterocycles. The number of nitrogens with zero attached hydrogens (tertiary/aromatic N) is 5. The topological polar surface area (TPSA) is 94.2 Å². The predicted molar refractivity (Wildman–Crippen MR) is 82.1 cm³/mol. The summed E-state index contributed by atoms with van der Waals surface area (Å²) in [4.78, 5) is 27.0. The van der Waals surface area contributed by atoms with E-state index >= 15 is 0 Å². The molecule has 2 saturated heterocycles. The number of rotatable bonds is 3. The maximum absolute atomic E-state index is 12.6. The summed E-state index contributed by atoms with van der Waals surface area (Å²) in [6, 6.07) is 0. The smallest absolute Gasteiger partial charge is 0.274 e. The second-order valence-corrected chi connectivity index (χ2v) is 6.49. The summed E-state index contributed by atoms with van der Waals surface area (Å²) in [5.74, 6) is 1.77. The maximum Gasteiger partial charge on any atom is 0.274 e. The summed E-state index contributed by atoms with van der Waals surface area (Å²) < 4.78 is 11.1. The van der Waals surface area contributed by atoms with Gasteiger partial charge in [-0.3, -0.25) is 9.78 Å². The van der Waals surface area contributed by atoms with Crippen LogP contribution in [-0.2, 0) is 11.2 Å². The average Bonchev–Trinajstić information content (AvgIpc) is 3.25. The Labute approximate surface area is 139 Å². The number of aryl methyl sites for hydroxylation is 2. The van der Waals surface area contributed by atoms with Crippen molar-refractivity contribution in [2.24, 2.45) is 11.8 Å². The number of carbonyl (C=O) groups is 1. The van der Waals surface area contributed by atoms with Gasteiger partial charge in [0.15, 0.2) is 5.82 Å². The van der Waals surface area contributed by atoms with E-state index in [4.69, 9.17) is 9.26 Å². The number of fused-ring (bicyclic) bond motifs is 1. The van der Waals surface area contributed by atoms with Crippen molar-refractivity contribution in [1.82, 2.24) is 25.0 Å². The van der Waals surface area contributed by atoms with Gasteiger partial charge in [0.1, 0.15) is 5.69 Å². The van der Waals surface area contributed by atoms with Crippen LogP contribution < -0.4 is 0 Å². The van der Waals surface area contributed by atoms with E-state index in [2.05, 4.69) is 20.1 Å². The van der Waals surface area contributed by atoms with Gasteiger partial charge in [-0.25, -0.2) is 4.98 Å². The summed E-state index contributed by atoms with van der Waals surface area (Å²) in [7, 11) is 0. The number of likely N-dealkylation sites (tertiary alicyclic amines) is 1. The minimum absolute atomic E-state index is 0.0707. The van der Waals surface area contributed by atoms with Gasteiger partial charge in [0.2, 0.25) is 5.89 Å². The van der Waals surface area contributed by atoms with Crippen molar-refractivity contribution in [2.45, 2.75) is 26.4 Å². The SMILES string of the molecule is Cc1cnc(C(=O)N2C[C@H]3[C@@H](Cc4nc(C)no4)CO[C@H]3C2)cn1. The Morgan fingerprint density at radius 1 is 1.29 bits per heavy atom. The zero-order valence-corrected chi connectivity index (χ0v) is 13.7. The highest BCUT2D eigenvalue weighted by Gasteiger charge is 2.45. The minimum atomic E-state index is -0.0899. The number of amides is 1. The Morgan fingerprint density at radius 2 is 2.17 bits per heavy atom. The van der Waals surface area contributed by atoms with Gasteiger partial charge < -0.3 is 14.2 Å². The highest BCUT2D eigenvalue weighted by Crippen LogP contribution is 2.35. The first-order valence-corrected chi connectivity index (χ1v) is 8.09. The molecule has 0 spiro atoms. The third-order valence-electron chi connectivity index (χ3n) is 4.73. The van der Waals surface area contributed by atoms with E-state index in [1.165, 1.54) is 6.20 Å². The fraction of sp³-hybridized carbons (Fsp3) is 0.562. The van der Waals surface area contributed by atoms with Crippen molar-refractivity contribution in [2.75, 3.05) is 19.7 Å². The Kier molecular flexibility index (Phi) is 3.76. The Hall–Kier alpha value is -2.35. The van der Waals surface area contributed by atoms with Crippen molar-refractivity contribution in [3.8, 4) is 0 Å². The average molecular weight is 329 g/mol. The molecule has 2 aromatic heterocycles. The maximum atomic E-state index is 12.6. The van der Waals surface area contributed by atoms with Crippen LogP contribution in [0.5, 0.6) is 0 Å². The Bertz CT molecular complexity index is 744. The zero-order valence-electron chi connectivity index (χ0n) is 13.7. The van der Waals surface area contributed by atoms with Gasteiger partial charge in [0.05, 0.1) is 24.6 Å². The lowest BCUT2D eigenvalue weighted by molar-refractivity contribution is 0.0671. The molecular formula is C16H19N5O3. The van der Waals surface area contributed by atoms with Gasteiger partial charge in [-0.15, -0.1) is 0 Å². The molecule has 2 aromatic rings. The van der Waals surface area contributed by atoms with E-state index in [-0.39, 0.29) is 17.9 Å². The molecule has 2 aliphatic rings. The van der Waals surface area contributed by atoms with Crippen LogP contribution in [0.1, 0.15) is 27.9 Å². The Balaban J connectivity index is 1.43. The van der Waals surface area contributed by atoms with Gasteiger partial charge in [0.25, 0.3) is 5.91 Å². The summed E-state index contributed by atoms with van der Waals surface area (Å²) in [5, 5.41) is 3.83. The van der Waals surface area contributed by atoms with E-state index in [1.807, 2.05) is 6.92 Å². The molecule has 0 aliphatic carbocycles. The molecule has 24 heavy (non-hydrogen) atoms. The molecule has 0 N–H and O–H groups in total. The van der Waals surface area contributed by atoms with E-state index in [0.29, 0.717) is 49.4 Å². The van der Waals surface area contributed by atoms with Gasteiger partial charge in [0, 0.05) is 31.6 Å². The molecule has 1 amide bonds. The van der Waals surface area contributed by atoms with E-state index in [9.17, 15) is 4.79 Å². The summed E-state index contributed by atoms with van der Waals surface area (Å²) >= 11 is 0. The van der Waals surface area contributed by atoms with Crippen molar-refractivity contribution in [3.05, 3.63) is 35.5 Å². The number of hydrogen-bond acceptors (Lipinski definition) is 7. The molecule has 0 saturated carbocycles. The second kappa shape index (κ2) is 5.94. The highest BCUT2D eigenvalue weighted by atomic mass is 16.5. The van der Waals surface area contributed by atoms with Crippen LogP contribution in [0, 0.1) is 25.7 Å². The fourth-order valence-corrected chi connectivity index (χ4v) is 3.49. The first-order chi connectivity index (χ1) is 11.6. The van der Waals surface area contributed by atoms with Gasteiger partial charge in [-0.05, 0) is 19.8 Å². The van der Waals surface area contributed by atoms with Gasteiger partial charge in [-0.2, -0.15) is 4.98 Å². The molecule has 4 rings (SSSR count). The highest BCUT2D eigenvalue weighted by molar-refractivity contribution is 5.92. The number of carbonyl (C=O) groups excluding carboxylic acids is 1. The van der Waals surface area contributed by atoms with E-state index in [0.717, 1.165) is 5.69 Å². The van der Waals surface area contributed by atoms with E-state index < -0.39 is 0 Å². The van der Waals surface area contributed by atoms with Crippen LogP contribution in [0.3, 0.4) is 0 Å². The van der Waals surface area contributed by atoms with Crippen LogP contribution in [0.25, 0.3) is 0 Å². The van der Waals surface area contributed by atoms with Crippen LogP contribution >= 0.6 is 0 Å². The predicted octanol–water partition coefficient (Wildman–Crippen LogP) is 0.806. The van der Waals surface area contributed by atoms with Crippen molar-refractivity contribution < 1.29 is 14.1 Å². The molecule has 126 valence electrons. The normalized spacial score (nSPS) is 25.9. The van der Waals surface area contributed by atoms with Crippen LogP contribution in [0.2, 0.25) is 0 Å². The number of hydrogen-bond donors (Lipinski definition) is 0. The first-order valence-electron chi connectivity index (χ1n) is 8.09. The minimum Gasteiger partial charge on any atom is -0.376 e.